The van der Waals surface area contributed by atoms with Crippen molar-refractivity contribution in [2.45, 2.75) is 375 Å². The molecule has 0 aliphatic heterocycles. The smallest absolute Gasteiger partial charge is 0.462 e. The first kappa shape index (κ1) is 89.1. The Hall–Kier alpha value is -1.94. The van der Waals surface area contributed by atoms with Crippen molar-refractivity contribution in [3.05, 3.63) is 0 Å². The molecule has 6 atom stereocenters. The third-order valence-corrected chi connectivity index (χ3v) is 18.8. The van der Waals surface area contributed by atoms with Crippen LogP contribution in [0.15, 0.2) is 0 Å². The van der Waals surface area contributed by atoms with Crippen molar-refractivity contribution in [1.29, 1.82) is 0 Å². The average Bonchev–Trinajstić information content (AvgIpc) is 2.20. The van der Waals surface area contributed by atoms with Crippen LogP contribution in [0.3, 0.4) is 0 Å². The van der Waals surface area contributed by atoms with Crippen molar-refractivity contribution in [3.8, 4) is 0 Å². The summed E-state index contributed by atoms with van der Waals surface area (Å²) in [5.74, 6) is 0.857. The van der Waals surface area contributed by atoms with Gasteiger partial charge in [0.05, 0.1) is 26.4 Å². The minimum absolute atomic E-state index is 0.102. The molecular formula is C72H140O17P2. The Bertz CT molecular complexity index is 1800. The largest absolute Gasteiger partial charge is 0.472 e. The Morgan fingerprint density at radius 1 is 0.308 bits per heavy atom. The highest BCUT2D eigenvalue weighted by atomic mass is 31.2. The maximum absolute atomic E-state index is 13.0. The van der Waals surface area contributed by atoms with E-state index in [4.69, 9.17) is 37.0 Å². The molecule has 540 valence electrons. The van der Waals surface area contributed by atoms with Crippen molar-refractivity contribution < 1.29 is 80.2 Å². The quantitative estimate of drug-likeness (QED) is 0.0222. The van der Waals surface area contributed by atoms with Crippen molar-refractivity contribution in [2.75, 3.05) is 39.6 Å². The molecule has 91 heavy (non-hydrogen) atoms. The highest BCUT2D eigenvalue weighted by molar-refractivity contribution is 7.47. The Labute approximate surface area is 556 Å². The molecule has 4 unspecified atom stereocenters. The summed E-state index contributed by atoms with van der Waals surface area (Å²) in [7, 11) is -9.90. The van der Waals surface area contributed by atoms with Crippen LogP contribution in [-0.2, 0) is 65.4 Å². The molecule has 0 aromatic heterocycles. The number of esters is 4. The van der Waals surface area contributed by atoms with Gasteiger partial charge in [-0.3, -0.25) is 37.3 Å². The zero-order valence-corrected chi connectivity index (χ0v) is 61.3. The van der Waals surface area contributed by atoms with E-state index in [9.17, 15) is 43.2 Å². The predicted molar refractivity (Wildman–Crippen MR) is 367 cm³/mol. The van der Waals surface area contributed by atoms with E-state index in [1.165, 1.54) is 154 Å². The van der Waals surface area contributed by atoms with E-state index in [1.54, 1.807) is 0 Å². The lowest BCUT2D eigenvalue weighted by atomic mass is 9.99. The highest BCUT2D eigenvalue weighted by Gasteiger charge is 2.30. The lowest BCUT2D eigenvalue weighted by Crippen LogP contribution is -2.30. The summed E-state index contributed by atoms with van der Waals surface area (Å²) < 4.78 is 68.3. The highest BCUT2D eigenvalue weighted by Crippen LogP contribution is 2.45. The predicted octanol–water partition coefficient (Wildman–Crippen LogP) is 20.5. The zero-order valence-electron chi connectivity index (χ0n) is 59.5. The van der Waals surface area contributed by atoms with E-state index < -0.39 is 97.5 Å². The first-order chi connectivity index (χ1) is 43.6. The molecule has 0 saturated heterocycles. The topological polar surface area (TPSA) is 237 Å². The van der Waals surface area contributed by atoms with Gasteiger partial charge in [-0.05, 0) is 49.4 Å². The second-order valence-corrected chi connectivity index (χ2v) is 30.6. The monoisotopic (exact) mass is 1340 g/mol. The van der Waals surface area contributed by atoms with Crippen LogP contribution in [0, 0.1) is 23.7 Å². The van der Waals surface area contributed by atoms with Crippen LogP contribution < -0.4 is 0 Å². The van der Waals surface area contributed by atoms with Crippen LogP contribution in [0.2, 0.25) is 0 Å². The molecule has 0 saturated carbocycles. The molecular weight excluding hydrogens is 1200 g/mol. The van der Waals surface area contributed by atoms with Gasteiger partial charge in [0, 0.05) is 25.7 Å². The molecule has 0 amide bonds. The molecule has 0 aromatic carbocycles. The molecule has 0 aliphatic rings. The van der Waals surface area contributed by atoms with Gasteiger partial charge in [0.15, 0.2) is 12.2 Å². The second kappa shape index (κ2) is 61.6. The van der Waals surface area contributed by atoms with Gasteiger partial charge in [-0.1, -0.05) is 306 Å². The van der Waals surface area contributed by atoms with Crippen molar-refractivity contribution in [2.24, 2.45) is 23.7 Å². The first-order valence-electron chi connectivity index (χ1n) is 37.2. The summed E-state index contributed by atoms with van der Waals surface area (Å²) in [6.45, 7) is 14.1. The molecule has 0 rings (SSSR count). The van der Waals surface area contributed by atoms with Crippen LogP contribution in [0.4, 0.5) is 0 Å². The summed E-state index contributed by atoms with van der Waals surface area (Å²) in [5.41, 5.74) is 0. The van der Waals surface area contributed by atoms with Crippen LogP contribution in [-0.4, -0.2) is 96.7 Å². The van der Waals surface area contributed by atoms with Crippen molar-refractivity contribution in [3.63, 3.8) is 0 Å². The number of ether oxygens (including phenoxy) is 4. The molecule has 0 aromatic rings. The maximum Gasteiger partial charge on any atom is 0.472 e. The number of carbonyl (C=O) groups excluding carboxylic acids is 4. The number of carbonyl (C=O) groups is 4. The Balaban J connectivity index is 5.22. The van der Waals surface area contributed by atoms with E-state index in [0.717, 1.165) is 108 Å². The zero-order chi connectivity index (χ0) is 67.5. The molecule has 0 heterocycles. The molecule has 3 N–H and O–H groups in total. The standard InChI is InChI=1S/C72H140O17P2/c1-9-65(8)51-43-35-27-20-21-28-36-44-52-69(74)82-58-67(88-71(76)54-46-38-29-19-17-15-13-11-10-12-14-16-18-24-32-40-48-62(2)3)60-86-90(78,79)84-56-66(73)57-85-91(80,81)87-61-68(89-72(77)55-47-39-31-23-26-34-42-50-64(6)7)59-83-70(75)53-45-37-30-22-25-33-41-49-63(4)5/h62-68,73H,9-61H2,1-8H3,(H,78,79)(H,80,81)/t65?,66?,67-,68-/m1/s1. The normalized spacial score (nSPS) is 14.5. The first-order valence-corrected chi connectivity index (χ1v) is 40.2. The van der Waals surface area contributed by atoms with Gasteiger partial charge in [-0.25, -0.2) is 9.13 Å². The van der Waals surface area contributed by atoms with E-state index in [2.05, 4.69) is 55.4 Å². The molecule has 0 bridgehead atoms. The van der Waals surface area contributed by atoms with Gasteiger partial charge in [0.25, 0.3) is 0 Å². The number of phosphoric ester groups is 2. The summed E-state index contributed by atoms with van der Waals surface area (Å²) in [5, 5.41) is 10.6. The third-order valence-electron chi connectivity index (χ3n) is 16.9. The molecule has 0 aliphatic carbocycles. The van der Waals surface area contributed by atoms with Crippen LogP contribution >= 0.6 is 15.6 Å². The van der Waals surface area contributed by atoms with Crippen LogP contribution in [0.5, 0.6) is 0 Å². The Kier molecular flexibility index (Phi) is 60.3. The number of hydrogen-bond donors (Lipinski definition) is 3. The third kappa shape index (κ3) is 65.1. The van der Waals surface area contributed by atoms with Crippen molar-refractivity contribution in [1.82, 2.24) is 0 Å². The Morgan fingerprint density at radius 2 is 0.527 bits per heavy atom. The van der Waals surface area contributed by atoms with Gasteiger partial charge in [-0.15, -0.1) is 0 Å². The molecule has 0 fully saturated rings. The summed E-state index contributed by atoms with van der Waals surface area (Å²) >= 11 is 0. The van der Waals surface area contributed by atoms with Crippen LogP contribution in [0.25, 0.3) is 0 Å². The van der Waals surface area contributed by atoms with Gasteiger partial charge < -0.3 is 33.8 Å². The maximum atomic E-state index is 13.0. The number of unbranched alkanes of at least 4 members (excludes halogenated alkanes) is 34. The van der Waals surface area contributed by atoms with E-state index in [0.29, 0.717) is 37.5 Å². The summed E-state index contributed by atoms with van der Waals surface area (Å²) in [6.07, 6.45) is 44.6. The fourth-order valence-corrected chi connectivity index (χ4v) is 12.4. The van der Waals surface area contributed by atoms with Gasteiger partial charge in [0.1, 0.15) is 19.3 Å². The van der Waals surface area contributed by atoms with Gasteiger partial charge >= 0.3 is 39.5 Å². The number of rotatable bonds is 69. The van der Waals surface area contributed by atoms with E-state index in [-0.39, 0.29) is 25.7 Å². The van der Waals surface area contributed by atoms with E-state index >= 15 is 0 Å². The minimum atomic E-state index is -4.95. The molecule has 0 radical (unpaired) electrons. The van der Waals surface area contributed by atoms with Gasteiger partial charge in [-0.2, -0.15) is 0 Å². The summed E-state index contributed by atoms with van der Waals surface area (Å²) in [6, 6.07) is 0. The summed E-state index contributed by atoms with van der Waals surface area (Å²) in [4.78, 5) is 72.6. The lowest BCUT2D eigenvalue weighted by molar-refractivity contribution is -0.161. The lowest BCUT2D eigenvalue weighted by Gasteiger charge is -2.21. The molecule has 17 nitrogen and oxygen atoms in total. The molecule has 19 heteroatoms. The fraction of sp³-hybridized carbons (Fsp3) is 0.944. The molecule has 0 spiro atoms. The number of phosphoric acid groups is 2. The number of hydrogen-bond acceptors (Lipinski definition) is 15. The van der Waals surface area contributed by atoms with E-state index in [1.807, 2.05) is 0 Å². The SMILES string of the molecule is CCC(C)CCCCCCCCCCC(=O)OC[C@H](COP(=O)(O)OCC(O)COP(=O)(O)OC[C@@H](COC(=O)CCCCCCCCCC(C)C)OC(=O)CCCCCCCCCC(C)C)OC(=O)CCCCCCCCCCCCCCCCCCC(C)C. The average molecular weight is 1340 g/mol. The number of aliphatic hydroxyl groups is 1. The van der Waals surface area contributed by atoms with Crippen molar-refractivity contribution >= 4 is 39.5 Å². The van der Waals surface area contributed by atoms with Gasteiger partial charge in [0.2, 0.25) is 0 Å². The van der Waals surface area contributed by atoms with Crippen LogP contribution in [0.1, 0.15) is 357 Å². The Morgan fingerprint density at radius 3 is 0.780 bits per heavy atom. The second-order valence-electron chi connectivity index (χ2n) is 27.6. The number of aliphatic hydroxyl groups excluding tert-OH is 1. The minimum Gasteiger partial charge on any atom is -0.462 e. The fourth-order valence-electron chi connectivity index (χ4n) is 10.8.